The third-order valence-electron chi connectivity index (χ3n) is 2.33. The lowest BCUT2D eigenvalue weighted by molar-refractivity contribution is 0.575. The van der Waals surface area contributed by atoms with Gasteiger partial charge in [0, 0.05) is 10.8 Å². The van der Waals surface area contributed by atoms with Crippen molar-refractivity contribution in [2.24, 2.45) is 0 Å². The van der Waals surface area contributed by atoms with Gasteiger partial charge in [-0.25, -0.2) is 9.97 Å². The highest BCUT2D eigenvalue weighted by atomic mass is 15.0. The van der Waals surface area contributed by atoms with Gasteiger partial charge in [0.2, 0.25) is 5.95 Å². The highest BCUT2D eigenvalue weighted by Crippen LogP contribution is 2.27. The SMILES string of the molecule is CC(C)(C)c1nc(N)nc2ccccc12. The first-order valence-electron chi connectivity index (χ1n) is 5.01. The first-order chi connectivity index (χ1) is 6.98. The fourth-order valence-electron chi connectivity index (χ4n) is 1.67. The van der Waals surface area contributed by atoms with Crippen LogP contribution in [0.3, 0.4) is 0 Å². The van der Waals surface area contributed by atoms with E-state index in [1.807, 2.05) is 24.3 Å². The van der Waals surface area contributed by atoms with Crippen LogP contribution in [0.25, 0.3) is 10.9 Å². The third kappa shape index (κ3) is 1.77. The van der Waals surface area contributed by atoms with Crippen LogP contribution >= 0.6 is 0 Å². The Labute approximate surface area is 89.4 Å². The summed E-state index contributed by atoms with van der Waals surface area (Å²) in [6.07, 6.45) is 0. The Morgan fingerprint density at radius 3 is 2.40 bits per heavy atom. The smallest absolute Gasteiger partial charge is 0.220 e. The molecule has 3 heteroatoms. The predicted octanol–water partition coefficient (Wildman–Crippen LogP) is 2.51. The fourth-order valence-corrected chi connectivity index (χ4v) is 1.67. The van der Waals surface area contributed by atoms with Crippen molar-refractivity contribution in [1.82, 2.24) is 9.97 Å². The molecule has 0 atom stereocenters. The molecule has 0 fully saturated rings. The number of anilines is 1. The molecule has 15 heavy (non-hydrogen) atoms. The molecule has 3 nitrogen and oxygen atoms in total. The second kappa shape index (κ2) is 3.19. The topological polar surface area (TPSA) is 51.8 Å². The van der Waals surface area contributed by atoms with Gasteiger partial charge in [0.05, 0.1) is 11.2 Å². The fraction of sp³-hybridized carbons (Fsp3) is 0.333. The zero-order valence-corrected chi connectivity index (χ0v) is 9.28. The van der Waals surface area contributed by atoms with E-state index in [2.05, 4.69) is 30.7 Å². The van der Waals surface area contributed by atoms with E-state index in [-0.39, 0.29) is 5.41 Å². The normalized spacial score (nSPS) is 11.9. The van der Waals surface area contributed by atoms with Gasteiger partial charge in [0.15, 0.2) is 0 Å². The largest absolute Gasteiger partial charge is 0.368 e. The van der Waals surface area contributed by atoms with Gasteiger partial charge in [0.1, 0.15) is 0 Å². The van der Waals surface area contributed by atoms with Crippen LogP contribution in [0.5, 0.6) is 0 Å². The minimum Gasteiger partial charge on any atom is -0.368 e. The van der Waals surface area contributed by atoms with Crippen molar-refractivity contribution < 1.29 is 0 Å². The third-order valence-corrected chi connectivity index (χ3v) is 2.33. The van der Waals surface area contributed by atoms with E-state index in [1.165, 1.54) is 0 Å². The molecule has 2 N–H and O–H groups in total. The summed E-state index contributed by atoms with van der Waals surface area (Å²) in [5.74, 6) is 0.346. The maximum Gasteiger partial charge on any atom is 0.220 e. The Morgan fingerprint density at radius 2 is 1.73 bits per heavy atom. The van der Waals surface area contributed by atoms with Crippen molar-refractivity contribution in [3.8, 4) is 0 Å². The number of fused-ring (bicyclic) bond motifs is 1. The van der Waals surface area contributed by atoms with Crippen molar-refractivity contribution in [2.75, 3.05) is 5.73 Å². The average molecular weight is 201 g/mol. The quantitative estimate of drug-likeness (QED) is 0.712. The van der Waals surface area contributed by atoms with E-state index in [0.717, 1.165) is 16.6 Å². The summed E-state index contributed by atoms with van der Waals surface area (Å²) in [6, 6.07) is 7.95. The molecule has 0 amide bonds. The molecular formula is C12H15N3. The lowest BCUT2D eigenvalue weighted by Crippen LogP contribution is -2.16. The van der Waals surface area contributed by atoms with Crippen LogP contribution in [0.4, 0.5) is 5.95 Å². The Kier molecular flexibility index (Phi) is 2.11. The van der Waals surface area contributed by atoms with Crippen molar-refractivity contribution in [3.63, 3.8) is 0 Å². The molecular weight excluding hydrogens is 186 g/mol. The van der Waals surface area contributed by atoms with Gasteiger partial charge < -0.3 is 5.73 Å². The van der Waals surface area contributed by atoms with E-state index < -0.39 is 0 Å². The number of nitrogens with two attached hydrogens (primary N) is 1. The second-order valence-corrected chi connectivity index (χ2v) is 4.70. The Hall–Kier alpha value is -1.64. The maximum atomic E-state index is 5.70. The van der Waals surface area contributed by atoms with Gasteiger partial charge in [-0.2, -0.15) is 0 Å². The molecule has 0 aliphatic rings. The molecule has 0 aliphatic heterocycles. The summed E-state index contributed by atoms with van der Waals surface area (Å²) in [5, 5.41) is 1.08. The lowest BCUT2D eigenvalue weighted by atomic mass is 9.89. The number of hydrogen-bond acceptors (Lipinski definition) is 3. The minimum absolute atomic E-state index is 0.0172. The van der Waals surface area contributed by atoms with Crippen LogP contribution in [0.2, 0.25) is 0 Å². The molecule has 78 valence electrons. The van der Waals surface area contributed by atoms with Crippen LogP contribution in [-0.2, 0) is 5.41 Å². The maximum absolute atomic E-state index is 5.70. The van der Waals surface area contributed by atoms with Gasteiger partial charge in [-0.05, 0) is 6.07 Å². The highest BCUT2D eigenvalue weighted by Gasteiger charge is 2.19. The molecule has 0 bridgehead atoms. The molecule has 1 aromatic carbocycles. The zero-order chi connectivity index (χ0) is 11.1. The molecule has 0 radical (unpaired) electrons. The lowest BCUT2D eigenvalue weighted by Gasteiger charge is -2.19. The van der Waals surface area contributed by atoms with E-state index in [1.54, 1.807) is 0 Å². The first kappa shape index (κ1) is 9.90. The summed E-state index contributed by atoms with van der Waals surface area (Å²) < 4.78 is 0. The van der Waals surface area contributed by atoms with Gasteiger partial charge in [-0.1, -0.05) is 39.0 Å². The molecule has 0 saturated carbocycles. The van der Waals surface area contributed by atoms with Gasteiger partial charge in [0.25, 0.3) is 0 Å². The summed E-state index contributed by atoms with van der Waals surface area (Å²) >= 11 is 0. The summed E-state index contributed by atoms with van der Waals surface area (Å²) in [5.41, 5.74) is 7.60. The first-order valence-corrected chi connectivity index (χ1v) is 5.01. The monoisotopic (exact) mass is 201 g/mol. The molecule has 1 heterocycles. The number of nitrogen functional groups attached to an aromatic ring is 1. The summed E-state index contributed by atoms with van der Waals surface area (Å²) in [6.45, 7) is 6.38. The number of benzene rings is 1. The predicted molar refractivity (Wildman–Crippen MR) is 62.7 cm³/mol. The van der Waals surface area contributed by atoms with Crippen molar-refractivity contribution in [3.05, 3.63) is 30.0 Å². The number of hydrogen-bond donors (Lipinski definition) is 1. The zero-order valence-electron chi connectivity index (χ0n) is 9.28. The molecule has 2 aromatic rings. The van der Waals surface area contributed by atoms with Gasteiger partial charge in [-0.3, -0.25) is 0 Å². The van der Waals surface area contributed by atoms with Gasteiger partial charge >= 0.3 is 0 Å². The van der Waals surface area contributed by atoms with Crippen LogP contribution in [0, 0.1) is 0 Å². The van der Waals surface area contributed by atoms with E-state index >= 15 is 0 Å². The summed E-state index contributed by atoms with van der Waals surface area (Å²) in [7, 11) is 0. The number of nitrogens with zero attached hydrogens (tertiary/aromatic N) is 2. The number of aromatic nitrogens is 2. The Bertz CT molecular complexity index is 498. The second-order valence-electron chi connectivity index (χ2n) is 4.70. The van der Waals surface area contributed by atoms with Gasteiger partial charge in [-0.15, -0.1) is 0 Å². The highest BCUT2D eigenvalue weighted by molar-refractivity contribution is 5.82. The Morgan fingerprint density at radius 1 is 1.07 bits per heavy atom. The van der Waals surface area contributed by atoms with Crippen molar-refractivity contribution in [1.29, 1.82) is 0 Å². The van der Waals surface area contributed by atoms with E-state index in [4.69, 9.17) is 5.73 Å². The van der Waals surface area contributed by atoms with E-state index in [0.29, 0.717) is 5.95 Å². The summed E-state index contributed by atoms with van der Waals surface area (Å²) in [4.78, 5) is 8.56. The molecule has 1 aromatic heterocycles. The molecule has 0 spiro atoms. The average Bonchev–Trinajstić information content (AvgIpc) is 2.15. The molecule has 0 saturated heterocycles. The van der Waals surface area contributed by atoms with Crippen LogP contribution in [0.15, 0.2) is 24.3 Å². The molecule has 2 rings (SSSR count). The van der Waals surface area contributed by atoms with Crippen molar-refractivity contribution >= 4 is 16.9 Å². The van der Waals surface area contributed by atoms with Crippen LogP contribution in [0.1, 0.15) is 26.5 Å². The van der Waals surface area contributed by atoms with Crippen LogP contribution in [-0.4, -0.2) is 9.97 Å². The van der Waals surface area contributed by atoms with Crippen molar-refractivity contribution in [2.45, 2.75) is 26.2 Å². The number of rotatable bonds is 0. The standard InChI is InChI=1S/C12H15N3/c1-12(2,3)10-8-6-4-5-7-9(8)14-11(13)15-10/h4-7H,1-3H3,(H2,13,14,15). The molecule has 0 aliphatic carbocycles. The molecule has 0 unspecified atom stereocenters. The van der Waals surface area contributed by atoms with Crippen LogP contribution < -0.4 is 5.73 Å². The number of para-hydroxylation sites is 1. The Balaban J connectivity index is 2.83. The minimum atomic E-state index is -0.0172. The van der Waals surface area contributed by atoms with E-state index in [9.17, 15) is 0 Å².